The molecule has 0 saturated heterocycles. The van der Waals surface area contributed by atoms with E-state index in [0.29, 0.717) is 12.5 Å². The Labute approximate surface area is 117 Å². The summed E-state index contributed by atoms with van der Waals surface area (Å²) in [6.45, 7) is 1.66. The van der Waals surface area contributed by atoms with Gasteiger partial charge in [0, 0.05) is 5.56 Å². The molecule has 21 heavy (non-hydrogen) atoms. The first-order valence-electron chi connectivity index (χ1n) is 6.37. The van der Waals surface area contributed by atoms with Crippen molar-refractivity contribution < 1.29 is 26.7 Å². The highest BCUT2D eigenvalue weighted by molar-refractivity contribution is 5.94. The number of nitrogens with one attached hydrogen (secondary N) is 2. The lowest BCUT2D eigenvalue weighted by molar-refractivity contribution is -0.201. The number of alkyl halides is 3. The van der Waals surface area contributed by atoms with Gasteiger partial charge in [0.2, 0.25) is 0 Å². The van der Waals surface area contributed by atoms with E-state index in [1.807, 2.05) is 0 Å². The number of carbonyl (C=O) groups excluding carboxylic acids is 1. The molecule has 1 aliphatic rings. The van der Waals surface area contributed by atoms with Crippen LogP contribution in [-0.4, -0.2) is 12.2 Å². The summed E-state index contributed by atoms with van der Waals surface area (Å²) < 4.78 is 68.0. The van der Waals surface area contributed by atoms with Gasteiger partial charge in [-0.05, 0) is 18.6 Å². The maximum Gasteiger partial charge on any atom is 0.416 e. The summed E-state index contributed by atoms with van der Waals surface area (Å²) in [5.41, 5.74) is -4.19. The first kappa shape index (κ1) is 15.5. The molecule has 0 spiro atoms. The van der Waals surface area contributed by atoms with E-state index in [1.165, 1.54) is 0 Å². The normalized spacial score (nSPS) is 21.5. The zero-order chi connectivity index (χ0) is 15.8. The van der Waals surface area contributed by atoms with Crippen LogP contribution in [0.1, 0.15) is 31.7 Å². The van der Waals surface area contributed by atoms with Crippen molar-refractivity contribution in [2.75, 3.05) is 5.32 Å². The molecular formula is C13H13F5N2O. The van der Waals surface area contributed by atoms with E-state index in [1.54, 1.807) is 12.2 Å². The number of hydrogen-bond acceptors (Lipinski definition) is 1. The molecule has 1 heterocycles. The topological polar surface area (TPSA) is 41.1 Å². The first-order chi connectivity index (χ1) is 9.73. The molecule has 1 aliphatic heterocycles. The maximum absolute atomic E-state index is 14.0. The largest absolute Gasteiger partial charge is 0.416 e. The van der Waals surface area contributed by atoms with Gasteiger partial charge in [-0.15, -0.1) is 0 Å². The Morgan fingerprint density at radius 1 is 1.24 bits per heavy atom. The maximum atomic E-state index is 14.0. The standard InChI is InChI=1S/C13H13F5N2O/c1-2-3-6-12(13(16,17)18)9-8(19-11(21)20-12)5-4-7(14)10(9)15/h4-5H,2-3,6H2,1H3,(H2,19,20,21). The number of rotatable bonds is 3. The second kappa shape index (κ2) is 5.16. The van der Waals surface area contributed by atoms with Gasteiger partial charge in [0.1, 0.15) is 0 Å². The molecular weight excluding hydrogens is 295 g/mol. The minimum Gasteiger partial charge on any atom is -0.320 e. The molecule has 2 rings (SSSR count). The second-order valence-electron chi connectivity index (χ2n) is 4.87. The molecule has 0 bridgehead atoms. The van der Waals surface area contributed by atoms with Gasteiger partial charge in [-0.25, -0.2) is 13.6 Å². The number of carbonyl (C=O) groups is 1. The van der Waals surface area contributed by atoms with Crippen LogP contribution in [-0.2, 0) is 5.54 Å². The molecule has 2 amide bonds. The van der Waals surface area contributed by atoms with Crippen LogP contribution in [0.3, 0.4) is 0 Å². The van der Waals surface area contributed by atoms with E-state index in [-0.39, 0.29) is 12.1 Å². The van der Waals surface area contributed by atoms with Gasteiger partial charge in [0.05, 0.1) is 5.69 Å². The molecule has 1 unspecified atom stereocenters. The molecule has 1 atom stereocenters. The molecule has 1 aromatic rings. The molecule has 8 heteroatoms. The molecule has 0 saturated carbocycles. The van der Waals surface area contributed by atoms with Crippen LogP contribution in [0.2, 0.25) is 0 Å². The number of amides is 2. The lowest BCUT2D eigenvalue weighted by Gasteiger charge is -2.41. The summed E-state index contributed by atoms with van der Waals surface area (Å²) in [6.07, 6.45) is -5.01. The van der Waals surface area contributed by atoms with Crippen molar-refractivity contribution in [2.45, 2.75) is 37.9 Å². The smallest absolute Gasteiger partial charge is 0.320 e. The number of hydrogen-bond donors (Lipinski definition) is 2. The Morgan fingerprint density at radius 2 is 1.90 bits per heavy atom. The number of urea groups is 1. The summed E-state index contributed by atoms with van der Waals surface area (Å²) in [5.74, 6) is -3.00. The molecule has 1 aromatic carbocycles. The Hall–Kier alpha value is -1.86. The number of halogens is 5. The zero-order valence-corrected chi connectivity index (χ0v) is 11.1. The molecule has 116 valence electrons. The monoisotopic (exact) mass is 308 g/mol. The SMILES string of the molecule is CCCCC1(C(F)(F)F)NC(=O)Nc2ccc(F)c(F)c21. The van der Waals surface area contributed by atoms with Crippen molar-refractivity contribution in [1.82, 2.24) is 5.32 Å². The number of unbranched alkanes of at least 4 members (excludes halogenated alkanes) is 1. The van der Waals surface area contributed by atoms with Gasteiger partial charge in [-0.3, -0.25) is 0 Å². The van der Waals surface area contributed by atoms with E-state index in [0.717, 1.165) is 6.07 Å². The fraction of sp³-hybridized carbons (Fsp3) is 0.462. The lowest BCUT2D eigenvalue weighted by atomic mass is 9.81. The minimum absolute atomic E-state index is 0.0924. The second-order valence-corrected chi connectivity index (χ2v) is 4.87. The van der Waals surface area contributed by atoms with Gasteiger partial charge in [0.15, 0.2) is 17.2 Å². The summed E-state index contributed by atoms with van der Waals surface area (Å²) >= 11 is 0. The van der Waals surface area contributed by atoms with Gasteiger partial charge >= 0.3 is 12.2 Å². The molecule has 3 nitrogen and oxygen atoms in total. The van der Waals surface area contributed by atoms with E-state index in [4.69, 9.17) is 0 Å². The van der Waals surface area contributed by atoms with Crippen LogP contribution < -0.4 is 10.6 Å². The number of benzene rings is 1. The van der Waals surface area contributed by atoms with Gasteiger partial charge in [0.25, 0.3) is 0 Å². The van der Waals surface area contributed by atoms with E-state index < -0.39 is 41.4 Å². The zero-order valence-electron chi connectivity index (χ0n) is 11.1. The highest BCUT2D eigenvalue weighted by atomic mass is 19.4. The molecule has 2 N–H and O–H groups in total. The third-order valence-electron chi connectivity index (χ3n) is 3.49. The average Bonchev–Trinajstić information content (AvgIpc) is 2.38. The number of anilines is 1. The molecule has 0 radical (unpaired) electrons. The predicted molar refractivity (Wildman–Crippen MR) is 65.8 cm³/mol. The predicted octanol–water partition coefficient (Wildman–Crippen LogP) is 4.05. The highest BCUT2D eigenvalue weighted by Gasteiger charge is 2.60. The molecule has 0 aromatic heterocycles. The van der Waals surface area contributed by atoms with Crippen LogP contribution in [0.15, 0.2) is 12.1 Å². The van der Waals surface area contributed by atoms with Crippen molar-refractivity contribution in [1.29, 1.82) is 0 Å². The number of fused-ring (bicyclic) bond motifs is 1. The fourth-order valence-corrected chi connectivity index (χ4v) is 2.47. The van der Waals surface area contributed by atoms with Crippen LogP contribution >= 0.6 is 0 Å². The molecule has 0 fully saturated rings. The van der Waals surface area contributed by atoms with Gasteiger partial charge < -0.3 is 10.6 Å². The van der Waals surface area contributed by atoms with Crippen molar-refractivity contribution in [3.05, 3.63) is 29.3 Å². The Morgan fingerprint density at radius 3 is 2.48 bits per heavy atom. The third-order valence-corrected chi connectivity index (χ3v) is 3.49. The van der Waals surface area contributed by atoms with Crippen molar-refractivity contribution >= 4 is 11.7 Å². The summed E-state index contributed by atoms with van der Waals surface area (Å²) in [5, 5.41) is 3.82. The summed E-state index contributed by atoms with van der Waals surface area (Å²) in [7, 11) is 0. The van der Waals surface area contributed by atoms with Gasteiger partial charge in [-0.1, -0.05) is 19.8 Å². The van der Waals surface area contributed by atoms with E-state index >= 15 is 0 Å². The Kier molecular flexibility index (Phi) is 3.81. The quantitative estimate of drug-likeness (QED) is 0.813. The fourth-order valence-electron chi connectivity index (χ4n) is 2.47. The first-order valence-corrected chi connectivity index (χ1v) is 6.37. The van der Waals surface area contributed by atoms with Crippen LogP contribution in [0, 0.1) is 11.6 Å². The van der Waals surface area contributed by atoms with Crippen molar-refractivity contribution in [3.63, 3.8) is 0 Å². The van der Waals surface area contributed by atoms with Crippen LogP contribution in [0.5, 0.6) is 0 Å². The third kappa shape index (κ3) is 2.43. The Bertz CT molecular complexity index is 572. The van der Waals surface area contributed by atoms with Gasteiger partial charge in [-0.2, -0.15) is 13.2 Å². The van der Waals surface area contributed by atoms with E-state index in [9.17, 15) is 26.7 Å². The highest BCUT2D eigenvalue weighted by Crippen LogP contribution is 2.48. The lowest BCUT2D eigenvalue weighted by Crippen LogP contribution is -2.60. The van der Waals surface area contributed by atoms with E-state index in [2.05, 4.69) is 5.32 Å². The minimum atomic E-state index is -4.96. The Balaban J connectivity index is 2.71. The summed E-state index contributed by atoms with van der Waals surface area (Å²) in [4.78, 5) is 11.5. The molecule has 0 aliphatic carbocycles. The summed E-state index contributed by atoms with van der Waals surface area (Å²) in [6, 6.07) is 0.515. The average molecular weight is 308 g/mol. The van der Waals surface area contributed by atoms with Crippen LogP contribution in [0.4, 0.5) is 32.4 Å². The van der Waals surface area contributed by atoms with Crippen molar-refractivity contribution in [3.8, 4) is 0 Å². The van der Waals surface area contributed by atoms with Crippen molar-refractivity contribution in [2.24, 2.45) is 0 Å². The van der Waals surface area contributed by atoms with Crippen LogP contribution in [0.25, 0.3) is 0 Å².